The summed E-state index contributed by atoms with van der Waals surface area (Å²) in [7, 11) is 3.18. The van der Waals surface area contributed by atoms with Crippen molar-refractivity contribution in [3.63, 3.8) is 0 Å². The van der Waals surface area contributed by atoms with Gasteiger partial charge >= 0.3 is 12.1 Å². The van der Waals surface area contributed by atoms with Crippen LogP contribution in [0, 0.1) is 18.8 Å². The minimum atomic E-state index is -1.58. The van der Waals surface area contributed by atoms with Gasteiger partial charge in [0.25, 0.3) is 0 Å². The zero-order valence-electron chi connectivity index (χ0n) is 29.5. The maximum atomic E-state index is 14.0. The van der Waals surface area contributed by atoms with E-state index in [0.29, 0.717) is 23.6 Å². The maximum absolute atomic E-state index is 14.0. The molecule has 264 valence electrons. The minimum absolute atomic E-state index is 0.0845. The van der Waals surface area contributed by atoms with E-state index in [1.165, 1.54) is 9.80 Å². The quantitative estimate of drug-likeness (QED) is 0.317. The lowest BCUT2D eigenvalue weighted by Crippen LogP contribution is -2.60. The summed E-state index contributed by atoms with van der Waals surface area (Å²) in [5, 5.41) is 14.6. The van der Waals surface area contributed by atoms with Crippen LogP contribution in [0.25, 0.3) is 0 Å². The number of anilines is 1. The van der Waals surface area contributed by atoms with E-state index in [4.69, 9.17) is 25.8 Å². The molecule has 0 aliphatic carbocycles. The number of ether oxygens (including phenoxy) is 3. The number of rotatable bonds is 5. The molecule has 1 aromatic carbocycles. The van der Waals surface area contributed by atoms with Crippen molar-refractivity contribution in [1.82, 2.24) is 10.2 Å². The molecule has 0 radical (unpaired) electrons. The van der Waals surface area contributed by atoms with Gasteiger partial charge in [-0.25, -0.2) is 9.59 Å². The molecule has 3 heterocycles. The van der Waals surface area contributed by atoms with Gasteiger partial charge in [0.2, 0.25) is 11.8 Å². The highest BCUT2D eigenvalue weighted by Crippen LogP contribution is 2.49. The number of hydrogen-bond donors (Lipinski definition) is 2. The molecule has 12 heteroatoms. The average Bonchev–Trinajstić information content (AvgIpc) is 3.72. The summed E-state index contributed by atoms with van der Waals surface area (Å²) in [6, 6.07) is 2.94. The summed E-state index contributed by atoms with van der Waals surface area (Å²) in [5.41, 5.74) is 0.583. The zero-order chi connectivity index (χ0) is 35.7. The number of allylic oxidation sites excluding steroid dienone is 3. The third kappa shape index (κ3) is 7.90. The molecule has 2 saturated heterocycles. The molecule has 11 nitrogen and oxygen atoms in total. The molecule has 2 N–H and O–H groups in total. The van der Waals surface area contributed by atoms with E-state index in [1.54, 1.807) is 27.9 Å². The smallest absolute Gasteiger partial charge is 0.409 e. The number of alkyl carbamates (subject to hydrolysis) is 1. The molecule has 1 unspecified atom stereocenters. The second-order valence-electron chi connectivity index (χ2n) is 13.9. The lowest BCUT2D eigenvalue weighted by Gasteiger charge is -2.41. The number of aliphatic hydroxyl groups is 1. The van der Waals surface area contributed by atoms with Crippen LogP contribution in [-0.2, 0) is 35.0 Å². The van der Waals surface area contributed by atoms with Crippen LogP contribution in [0.3, 0.4) is 0 Å². The monoisotopic (exact) mass is 687 g/mol. The fourth-order valence-corrected chi connectivity index (χ4v) is 6.79. The van der Waals surface area contributed by atoms with Crippen LogP contribution in [0.5, 0.6) is 0 Å². The average molecular weight is 688 g/mol. The summed E-state index contributed by atoms with van der Waals surface area (Å²) in [6.45, 7) is 12.7. The Kier molecular flexibility index (Phi) is 11.4. The van der Waals surface area contributed by atoms with Crippen molar-refractivity contribution in [3.05, 3.63) is 52.1 Å². The Bertz CT molecular complexity index is 1500. The maximum Gasteiger partial charge on any atom is 0.409 e. The lowest BCUT2D eigenvalue weighted by molar-refractivity contribution is -0.162. The number of esters is 1. The Morgan fingerprint density at radius 3 is 2.60 bits per heavy atom. The van der Waals surface area contributed by atoms with Gasteiger partial charge in [-0.15, -0.1) is 0 Å². The predicted molar refractivity (Wildman–Crippen MR) is 182 cm³/mol. The molecule has 1 aromatic rings. The van der Waals surface area contributed by atoms with Crippen LogP contribution in [0.2, 0.25) is 5.02 Å². The SMILES string of the molecule is CCCC(=O)N(C)[C@@H](C)C(=O)O[C@H]1CC(=O)N(C)c2cc(cc(C)c2Cl)C/C(C)=C/C=C/[C@@H](C)[C@@]2(O)CC(OC(=O)N2)[C@@H](C)[C@@H]2O[C@@]12C. The summed E-state index contributed by atoms with van der Waals surface area (Å²) in [6.07, 6.45) is 3.86. The van der Waals surface area contributed by atoms with E-state index >= 15 is 0 Å². The van der Waals surface area contributed by atoms with Gasteiger partial charge < -0.3 is 29.1 Å². The highest BCUT2D eigenvalue weighted by atomic mass is 35.5. The van der Waals surface area contributed by atoms with Gasteiger partial charge in [0.05, 0.1) is 23.2 Å². The number of aryl methyl sites for hydroxylation is 1. The van der Waals surface area contributed by atoms with Crippen molar-refractivity contribution in [2.45, 2.75) is 116 Å². The molecule has 3 amide bonds. The van der Waals surface area contributed by atoms with Gasteiger partial charge in [0, 0.05) is 38.8 Å². The minimum Gasteiger partial charge on any atom is -0.457 e. The van der Waals surface area contributed by atoms with Gasteiger partial charge in [0.15, 0.2) is 0 Å². The number of carbonyl (C=O) groups is 4. The molecular weight excluding hydrogens is 638 g/mol. The molecule has 3 aliphatic heterocycles. The van der Waals surface area contributed by atoms with Crippen molar-refractivity contribution < 1.29 is 38.5 Å². The Morgan fingerprint density at radius 2 is 1.94 bits per heavy atom. The van der Waals surface area contributed by atoms with E-state index < -0.39 is 59.6 Å². The Morgan fingerprint density at radius 1 is 1.25 bits per heavy atom. The molecule has 3 aliphatic rings. The third-order valence-corrected chi connectivity index (χ3v) is 10.6. The second kappa shape index (κ2) is 14.6. The molecule has 0 spiro atoms. The van der Waals surface area contributed by atoms with Crippen LogP contribution in [0.15, 0.2) is 35.9 Å². The van der Waals surface area contributed by atoms with E-state index in [1.807, 2.05) is 65.0 Å². The first-order valence-corrected chi connectivity index (χ1v) is 17.0. The van der Waals surface area contributed by atoms with Crippen LogP contribution >= 0.6 is 11.6 Å². The van der Waals surface area contributed by atoms with Gasteiger partial charge in [-0.1, -0.05) is 62.2 Å². The van der Waals surface area contributed by atoms with Gasteiger partial charge in [0.1, 0.15) is 29.6 Å². The van der Waals surface area contributed by atoms with Crippen molar-refractivity contribution in [3.8, 4) is 0 Å². The molecule has 48 heavy (non-hydrogen) atoms. The molecule has 2 fully saturated rings. The molecule has 4 rings (SSSR count). The van der Waals surface area contributed by atoms with Gasteiger partial charge in [-0.05, 0) is 57.7 Å². The molecule has 0 aromatic heterocycles. The van der Waals surface area contributed by atoms with Crippen LogP contribution < -0.4 is 10.2 Å². The van der Waals surface area contributed by atoms with Crippen LogP contribution in [-0.4, -0.2) is 83.7 Å². The topological polar surface area (TPSA) is 138 Å². The van der Waals surface area contributed by atoms with E-state index in [0.717, 1.165) is 16.7 Å². The number of likely N-dealkylation sites (N-methyl/N-ethyl adjacent to an activating group) is 1. The highest BCUT2D eigenvalue weighted by Gasteiger charge is 2.64. The zero-order valence-corrected chi connectivity index (χ0v) is 30.2. The summed E-state index contributed by atoms with van der Waals surface area (Å²) >= 11 is 6.74. The van der Waals surface area contributed by atoms with Crippen molar-refractivity contribution >= 4 is 41.2 Å². The fraction of sp³-hybridized carbons (Fsp3) is 0.611. The largest absolute Gasteiger partial charge is 0.457 e. The molecule has 0 saturated carbocycles. The number of fused-ring (bicyclic) bond motifs is 5. The lowest BCUT2D eigenvalue weighted by atomic mass is 9.82. The molecule has 8 atom stereocenters. The summed E-state index contributed by atoms with van der Waals surface area (Å²) in [5.74, 6) is -2.14. The van der Waals surface area contributed by atoms with Crippen LogP contribution in [0.1, 0.15) is 78.4 Å². The first-order chi connectivity index (χ1) is 22.4. The first kappa shape index (κ1) is 37.4. The van der Waals surface area contributed by atoms with E-state index in [2.05, 4.69) is 5.32 Å². The number of hydrogen-bond acceptors (Lipinski definition) is 8. The van der Waals surface area contributed by atoms with E-state index in [-0.39, 0.29) is 31.1 Å². The van der Waals surface area contributed by atoms with Crippen molar-refractivity contribution in [2.75, 3.05) is 19.0 Å². The van der Waals surface area contributed by atoms with Crippen molar-refractivity contribution in [2.24, 2.45) is 11.8 Å². The van der Waals surface area contributed by atoms with Gasteiger partial charge in [-0.2, -0.15) is 0 Å². The fourth-order valence-electron chi connectivity index (χ4n) is 6.55. The standard InChI is InChI=1S/C36H50ClN3O8/c1-10-12-29(41)39(8)24(6)33(43)47-28-18-30(42)40(9)26-17-25(16-21(3)31(26)37)15-20(2)13-11-14-22(4)36(45)19-27(46-34(44)38-36)23(5)32-35(28,7)48-32/h11,13-14,16-17,22-24,27-28,32,45H,10,12,15,18-19H2,1-9H3,(H,38,44)/b14-11+,20-13+/t22-,23-,24+,27?,28+,32+,35+,36+/m1/s1. The Balaban J connectivity index is 1.75. The number of nitrogens with zero attached hydrogens (tertiary/aromatic N) is 2. The highest BCUT2D eigenvalue weighted by molar-refractivity contribution is 6.34. The molecule has 4 bridgehead atoms. The first-order valence-electron chi connectivity index (χ1n) is 16.7. The van der Waals surface area contributed by atoms with E-state index in [9.17, 15) is 24.3 Å². The number of epoxide rings is 1. The second-order valence-corrected chi connectivity index (χ2v) is 14.3. The Hall–Kier alpha value is -3.41. The number of benzene rings is 1. The van der Waals surface area contributed by atoms with Crippen molar-refractivity contribution in [1.29, 1.82) is 0 Å². The van der Waals surface area contributed by atoms with Gasteiger partial charge in [-0.3, -0.25) is 14.9 Å². The summed E-state index contributed by atoms with van der Waals surface area (Å²) in [4.78, 5) is 55.6. The van der Waals surface area contributed by atoms with Crippen LogP contribution in [0.4, 0.5) is 10.5 Å². The number of halogens is 1. The Labute approximate surface area is 288 Å². The summed E-state index contributed by atoms with van der Waals surface area (Å²) < 4.78 is 17.9. The number of amides is 3. The third-order valence-electron chi connectivity index (χ3n) is 10.1. The normalized spacial score (nSPS) is 33.3. The predicted octanol–water partition coefficient (Wildman–Crippen LogP) is 5.24. The number of carbonyl (C=O) groups excluding carboxylic acids is 4. The molecular formula is C36H50ClN3O8. The number of nitrogens with one attached hydrogen (secondary N) is 1.